The molecule has 1 rings (SSSR count). The first-order valence-corrected chi connectivity index (χ1v) is 6.57. The smallest absolute Gasteiger partial charge is 0.242 e. The Balaban J connectivity index is 2.60. The fraction of sp³-hybridized carbons (Fsp3) is 0.909. The Kier molecular flexibility index (Phi) is 4.06. The molecule has 15 heavy (non-hydrogen) atoms. The molecule has 0 saturated carbocycles. The molecule has 0 aliphatic carbocycles. The molecule has 4 heteroatoms. The lowest BCUT2D eigenvalue weighted by molar-refractivity contribution is -0.135. The molecule has 1 heterocycles. The zero-order valence-corrected chi connectivity index (χ0v) is 10.9. The largest absolute Gasteiger partial charge is 0.339 e. The van der Waals surface area contributed by atoms with Crippen LogP contribution in [0, 0.1) is 5.92 Å². The second kappa shape index (κ2) is 4.74. The summed E-state index contributed by atoms with van der Waals surface area (Å²) in [6.07, 6.45) is 0. The molecule has 1 amide bonds. The highest BCUT2D eigenvalue weighted by Gasteiger charge is 2.32. The van der Waals surface area contributed by atoms with Crippen LogP contribution >= 0.6 is 11.8 Å². The maximum atomic E-state index is 12.0. The molecule has 2 N–H and O–H groups in total. The first-order chi connectivity index (χ1) is 6.82. The van der Waals surface area contributed by atoms with Crippen molar-refractivity contribution in [2.75, 3.05) is 18.8 Å². The lowest BCUT2D eigenvalue weighted by Crippen LogP contribution is -2.55. The zero-order chi connectivity index (χ0) is 11.6. The molecule has 0 aromatic carbocycles. The quantitative estimate of drug-likeness (QED) is 0.778. The third kappa shape index (κ3) is 3.38. The lowest BCUT2D eigenvalue weighted by Gasteiger charge is -2.37. The molecule has 0 bridgehead atoms. The molecule has 0 radical (unpaired) electrons. The van der Waals surface area contributed by atoms with Crippen molar-refractivity contribution in [1.82, 2.24) is 4.90 Å². The van der Waals surface area contributed by atoms with E-state index in [4.69, 9.17) is 5.73 Å². The van der Waals surface area contributed by atoms with E-state index in [2.05, 4.69) is 13.8 Å². The van der Waals surface area contributed by atoms with E-state index in [0.717, 1.165) is 18.8 Å². The predicted molar refractivity (Wildman–Crippen MR) is 65.9 cm³/mol. The van der Waals surface area contributed by atoms with Gasteiger partial charge in [-0.05, 0) is 19.8 Å². The van der Waals surface area contributed by atoms with Gasteiger partial charge in [0.05, 0.1) is 5.54 Å². The maximum absolute atomic E-state index is 12.0. The Morgan fingerprint density at radius 3 is 2.60 bits per heavy atom. The van der Waals surface area contributed by atoms with Gasteiger partial charge in [-0.3, -0.25) is 4.79 Å². The van der Waals surface area contributed by atoms with Crippen LogP contribution in [0.1, 0.15) is 27.7 Å². The number of hydrogen-bond acceptors (Lipinski definition) is 3. The van der Waals surface area contributed by atoms with E-state index in [9.17, 15) is 4.79 Å². The molecular weight excluding hydrogens is 208 g/mol. The predicted octanol–water partition coefficient (Wildman–Crippen LogP) is 1.32. The summed E-state index contributed by atoms with van der Waals surface area (Å²) in [6.45, 7) is 9.66. The number of nitrogens with two attached hydrogens (primary N) is 1. The average molecular weight is 230 g/mol. The van der Waals surface area contributed by atoms with Gasteiger partial charge >= 0.3 is 0 Å². The van der Waals surface area contributed by atoms with Crippen LogP contribution < -0.4 is 5.73 Å². The third-order valence-corrected chi connectivity index (χ3v) is 4.22. The minimum atomic E-state index is -0.733. The van der Waals surface area contributed by atoms with Crippen molar-refractivity contribution in [3.05, 3.63) is 0 Å². The molecule has 1 atom stereocenters. The van der Waals surface area contributed by atoms with Gasteiger partial charge in [0.1, 0.15) is 0 Å². The first kappa shape index (κ1) is 12.8. The Hall–Kier alpha value is -0.220. The van der Waals surface area contributed by atoms with Gasteiger partial charge in [-0.2, -0.15) is 11.8 Å². The summed E-state index contributed by atoms with van der Waals surface area (Å²) in [7, 11) is 0. The van der Waals surface area contributed by atoms with E-state index in [1.807, 2.05) is 16.7 Å². The fourth-order valence-electron chi connectivity index (χ4n) is 1.67. The van der Waals surface area contributed by atoms with E-state index in [1.165, 1.54) is 0 Å². The van der Waals surface area contributed by atoms with E-state index >= 15 is 0 Å². The van der Waals surface area contributed by atoms with Gasteiger partial charge in [-0.25, -0.2) is 0 Å². The molecule has 0 aromatic heterocycles. The number of nitrogens with zero attached hydrogens (tertiary/aromatic N) is 1. The molecule has 0 aromatic rings. The number of hydrogen-bond donors (Lipinski definition) is 1. The molecule has 0 spiro atoms. The summed E-state index contributed by atoms with van der Waals surface area (Å²) in [4.78, 5) is 13.9. The Bertz CT molecular complexity index is 235. The molecule has 1 unspecified atom stereocenters. The van der Waals surface area contributed by atoms with E-state index < -0.39 is 5.54 Å². The van der Waals surface area contributed by atoms with Gasteiger partial charge in [0, 0.05) is 24.1 Å². The van der Waals surface area contributed by atoms with E-state index in [1.54, 1.807) is 13.8 Å². The van der Waals surface area contributed by atoms with Crippen molar-refractivity contribution < 1.29 is 4.79 Å². The summed E-state index contributed by atoms with van der Waals surface area (Å²) in [5.41, 5.74) is 5.10. The van der Waals surface area contributed by atoms with Crippen LogP contribution in [0.4, 0.5) is 0 Å². The van der Waals surface area contributed by atoms with Crippen LogP contribution in [-0.4, -0.2) is 40.4 Å². The van der Waals surface area contributed by atoms with Crippen molar-refractivity contribution >= 4 is 17.7 Å². The van der Waals surface area contributed by atoms with Crippen molar-refractivity contribution in [2.45, 2.75) is 38.5 Å². The van der Waals surface area contributed by atoms with E-state index in [0.29, 0.717) is 11.2 Å². The fourth-order valence-corrected chi connectivity index (χ4v) is 2.97. The minimum absolute atomic E-state index is 0.0773. The highest BCUT2D eigenvalue weighted by atomic mass is 32.2. The molecule has 3 nitrogen and oxygen atoms in total. The van der Waals surface area contributed by atoms with Crippen LogP contribution in [0.25, 0.3) is 0 Å². The third-order valence-electron chi connectivity index (χ3n) is 2.68. The number of thioether (sulfide) groups is 1. The standard InChI is InChI=1S/C11H22N2OS/c1-8(2)9-7-13(5-6-15-9)10(14)11(3,4)12/h8-9H,5-7,12H2,1-4H3. The summed E-state index contributed by atoms with van der Waals surface area (Å²) in [5.74, 6) is 1.73. The first-order valence-electron chi connectivity index (χ1n) is 5.52. The van der Waals surface area contributed by atoms with Crippen LogP contribution in [0.3, 0.4) is 0 Å². The maximum Gasteiger partial charge on any atom is 0.242 e. The summed E-state index contributed by atoms with van der Waals surface area (Å²) in [6, 6.07) is 0. The number of rotatable bonds is 2. The highest BCUT2D eigenvalue weighted by molar-refractivity contribution is 8.00. The SMILES string of the molecule is CC(C)C1CN(C(=O)C(C)(C)N)CCS1. The number of carbonyl (C=O) groups is 1. The van der Waals surface area contributed by atoms with Gasteiger partial charge in [0.25, 0.3) is 0 Å². The second-order valence-electron chi connectivity index (χ2n) is 5.13. The number of amides is 1. The lowest BCUT2D eigenvalue weighted by atomic mass is 10.0. The van der Waals surface area contributed by atoms with Gasteiger partial charge in [0.2, 0.25) is 5.91 Å². The van der Waals surface area contributed by atoms with E-state index in [-0.39, 0.29) is 5.91 Å². The van der Waals surface area contributed by atoms with Crippen molar-refractivity contribution in [1.29, 1.82) is 0 Å². The molecule has 1 saturated heterocycles. The summed E-state index contributed by atoms with van der Waals surface area (Å²) < 4.78 is 0. The minimum Gasteiger partial charge on any atom is -0.339 e. The van der Waals surface area contributed by atoms with Crippen LogP contribution in [0.15, 0.2) is 0 Å². The number of carbonyl (C=O) groups excluding carboxylic acids is 1. The normalized spacial score (nSPS) is 23.3. The van der Waals surface area contributed by atoms with Crippen LogP contribution in [0.2, 0.25) is 0 Å². The average Bonchev–Trinajstić information content (AvgIpc) is 2.15. The van der Waals surface area contributed by atoms with Crippen LogP contribution in [-0.2, 0) is 4.79 Å². The van der Waals surface area contributed by atoms with Crippen molar-refractivity contribution in [3.63, 3.8) is 0 Å². The molecule has 1 fully saturated rings. The molecule has 1 aliphatic rings. The van der Waals surface area contributed by atoms with Crippen LogP contribution in [0.5, 0.6) is 0 Å². The topological polar surface area (TPSA) is 46.3 Å². The highest BCUT2D eigenvalue weighted by Crippen LogP contribution is 2.25. The Labute approximate surface area is 96.8 Å². The van der Waals surface area contributed by atoms with Gasteiger partial charge < -0.3 is 10.6 Å². The van der Waals surface area contributed by atoms with Gasteiger partial charge in [-0.15, -0.1) is 0 Å². The monoisotopic (exact) mass is 230 g/mol. The Morgan fingerprint density at radius 1 is 1.53 bits per heavy atom. The molecule has 1 aliphatic heterocycles. The summed E-state index contributed by atoms with van der Waals surface area (Å²) in [5, 5.41) is 0.560. The second-order valence-corrected chi connectivity index (χ2v) is 6.47. The van der Waals surface area contributed by atoms with Gasteiger partial charge in [-0.1, -0.05) is 13.8 Å². The molecular formula is C11H22N2OS. The van der Waals surface area contributed by atoms with Crippen molar-refractivity contribution in [3.8, 4) is 0 Å². The van der Waals surface area contributed by atoms with Crippen molar-refractivity contribution in [2.24, 2.45) is 11.7 Å². The van der Waals surface area contributed by atoms with Gasteiger partial charge in [0.15, 0.2) is 0 Å². The molecule has 88 valence electrons. The summed E-state index contributed by atoms with van der Waals surface area (Å²) >= 11 is 1.97. The Morgan fingerprint density at radius 2 is 2.13 bits per heavy atom. The zero-order valence-electron chi connectivity index (χ0n) is 10.1.